The van der Waals surface area contributed by atoms with Gasteiger partial charge in [-0.1, -0.05) is 6.07 Å². The van der Waals surface area contributed by atoms with E-state index in [4.69, 9.17) is 0 Å². The normalized spacial score (nSPS) is 12.5. The minimum atomic E-state index is -1.04. The zero-order valence-corrected chi connectivity index (χ0v) is 11.8. The van der Waals surface area contributed by atoms with Gasteiger partial charge < -0.3 is 5.11 Å². The van der Waals surface area contributed by atoms with Crippen LogP contribution in [0.3, 0.4) is 0 Å². The number of nitrogens with zero attached hydrogens (tertiary/aromatic N) is 1. The fourth-order valence-corrected chi connectivity index (χ4v) is 2.18. The van der Waals surface area contributed by atoms with Crippen LogP contribution in [-0.4, -0.2) is 10.1 Å². The van der Waals surface area contributed by atoms with Crippen molar-refractivity contribution in [2.75, 3.05) is 0 Å². The average Bonchev–Trinajstić information content (AvgIpc) is 2.39. The van der Waals surface area contributed by atoms with E-state index in [1.165, 1.54) is 12.1 Å². The number of pyridine rings is 1. The summed E-state index contributed by atoms with van der Waals surface area (Å²) in [6, 6.07) is 7.63. The Morgan fingerprint density at radius 2 is 2.00 bits per heavy atom. The van der Waals surface area contributed by atoms with E-state index in [0.29, 0.717) is 5.69 Å². The quantitative estimate of drug-likeness (QED) is 0.872. The summed E-state index contributed by atoms with van der Waals surface area (Å²) in [5.41, 5.74) is 0.996. The Labute approximate surface area is 118 Å². The second-order valence-electron chi connectivity index (χ2n) is 4.25. The predicted octanol–water partition coefficient (Wildman–Crippen LogP) is 3.71. The van der Waals surface area contributed by atoms with Crippen LogP contribution in [0.4, 0.5) is 8.78 Å². The van der Waals surface area contributed by atoms with Crippen molar-refractivity contribution in [1.29, 1.82) is 0 Å². The van der Waals surface area contributed by atoms with Crippen LogP contribution >= 0.6 is 15.9 Å². The second kappa shape index (κ2) is 5.75. The third-order valence-electron chi connectivity index (χ3n) is 2.79. The van der Waals surface area contributed by atoms with Gasteiger partial charge in [0, 0.05) is 17.7 Å². The van der Waals surface area contributed by atoms with Crippen molar-refractivity contribution >= 4 is 15.9 Å². The first kappa shape index (κ1) is 14.1. The van der Waals surface area contributed by atoms with Crippen LogP contribution < -0.4 is 0 Å². The topological polar surface area (TPSA) is 33.1 Å². The van der Waals surface area contributed by atoms with Gasteiger partial charge in [0.1, 0.15) is 17.7 Å². The molecule has 100 valence electrons. The summed E-state index contributed by atoms with van der Waals surface area (Å²) < 4.78 is 27.6. The van der Waals surface area contributed by atoms with E-state index in [9.17, 15) is 13.9 Å². The smallest absolute Gasteiger partial charge is 0.143 e. The van der Waals surface area contributed by atoms with Gasteiger partial charge in [-0.25, -0.2) is 8.78 Å². The molecule has 0 saturated heterocycles. The number of hydrogen-bond acceptors (Lipinski definition) is 2. The molecule has 0 saturated carbocycles. The number of aliphatic hydroxyl groups is 1. The first-order chi connectivity index (χ1) is 8.99. The number of aliphatic hydroxyl groups excluding tert-OH is 1. The number of halogens is 3. The molecular weight excluding hydrogens is 316 g/mol. The van der Waals surface area contributed by atoms with Gasteiger partial charge in [0.25, 0.3) is 0 Å². The lowest BCUT2D eigenvalue weighted by molar-refractivity contribution is 0.170. The maximum Gasteiger partial charge on any atom is 0.143 e. The second-order valence-corrected chi connectivity index (χ2v) is 5.10. The Morgan fingerprint density at radius 1 is 1.26 bits per heavy atom. The molecule has 1 aromatic carbocycles. The van der Waals surface area contributed by atoms with Gasteiger partial charge in [-0.3, -0.25) is 4.98 Å². The summed E-state index contributed by atoms with van der Waals surface area (Å²) in [7, 11) is 0. The molecule has 0 aliphatic heterocycles. The van der Waals surface area contributed by atoms with E-state index >= 15 is 0 Å². The molecule has 2 rings (SSSR count). The summed E-state index contributed by atoms with van der Waals surface area (Å²) in [4.78, 5) is 4.14. The highest BCUT2D eigenvalue weighted by molar-refractivity contribution is 9.10. The van der Waals surface area contributed by atoms with Crippen molar-refractivity contribution in [3.8, 4) is 0 Å². The summed E-state index contributed by atoms with van der Waals surface area (Å²) in [6.07, 6.45) is -1.20. The van der Waals surface area contributed by atoms with Gasteiger partial charge >= 0.3 is 0 Å². The zero-order valence-electron chi connectivity index (χ0n) is 10.2. The Hall–Kier alpha value is -1.33. The van der Waals surface area contributed by atoms with Gasteiger partial charge in [0.05, 0.1) is 10.2 Å². The Kier molecular flexibility index (Phi) is 4.27. The third-order valence-corrected chi connectivity index (χ3v) is 3.40. The Bertz CT molecular complexity index is 604. The molecule has 1 heterocycles. The molecule has 19 heavy (non-hydrogen) atoms. The molecule has 2 nitrogen and oxygen atoms in total. The summed E-state index contributed by atoms with van der Waals surface area (Å²) in [6.45, 7) is 1.79. The lowest BCUT2D eigenvalue weighted by Crippen LogP contribution is -2.08. The lowest BCUT2D eigenvalue weighted by Gasteiger charge is -2.12. The van der Waals surface area contributed by atoms with Gasteiger partial charge in [-0.2, -0.15) is 0 Å². The minimum Gasteiger partial charge on any atom is -0.386 e. The van der Waals surface area contributed by atoms with E-state index in [-0.39, 0.29) is 16.5 Å². The molecule has 0 spiro atoms. The molecule has 5 heteroatoms. The highest BCUT2D eigenvalue weighted by Gasteiger charge is 2.18. The first-order valence-electron chi connectivity index (χ1n) is 5.73. The van der Waals surface area contributed by atoms with Crippen LogP contribution in [0.25, 0.3) is 0 Å². The average molecular weight is 328 g/mol. The van der Waals surface area contributed by atoms with E-state index in [1.807, 2.05) is 0 Å². The fraction of sp³-hybridized carbons (Fsp3) is 0.214. The van der Waals surface area contributed by atoms with Crippen LogP contribution in [0, 0.1) is 18.6 Å². The molecule has 1 N–H and O–H groups in total. The first-order valence-corrected chi connectivity index (χ1v) is 6.52. The molecule has 1 unspecified atom stereocenters. The lowest BCUT2D eigenvalue weighted by atomic mass is 10.0. The van der Waals surface area contributed by atoms with Gasteiger partial charge in [0.2, 0.25) is 0 Å². The summed E-state index contributed by atoms with van der Waals surface area (Å²) in [5.74, 6) is -1.36. The SMILES string of the molecule is Cc1cccc(C(O)Cc2c(F)ccc(Br)c2F)n1. The Morgan fingerprint density at radius 3 is 2.68 bits per heavy atom. The minimum absolute atomic E-state index is 0.148. The van der Waals surface area contributed by atoms with Crippen molar-refractivity contribution < 1.29 is 13.9 Å². The van der Waals surface area contributed by atoms with Gasteiger partial charge in [-0.05, 0) is 47.1 Å². The highest BCUT2D eigenvalue weighted by atomic mass is 79.9. The van der Waals surface area contributed by atoms with Crippen LogP contribution in [-0.2, 0) is 6.42 Å². The van der Waals surface area contributed by atoms with Crippen molar-refractivity contribution in [3.63, 3.8) is 0 Å². The standard InChI is InChI=1S/C14H12BrF2NO/c1-8-3-2-4-12(18-8)13(19)7-9-11(16)6-5-10(15)14(9)17/h2-6,13,19H,7H2,1H3. The van der Waals surface area contributed by atoms with Crippen LogP contribution in [0.2, 0.25) is 0 Å². The van der Waals surface area contributed by atoms with Gasteiger partial charge in [-0.15, -0.1) is 0 Å². The van der Waals surface area contributed by atoms with Crippen molar-refractivity contribution in [2.24, 2.45) is 0 Å². The number of aromatic nitrogens is 1. The molecule has 0 fully saturated rings. The molecule has 0 aliphatic carbocycles. The number of aryl methyl sites for hydroxylation is 1. The van der Waals surface area contributed by atoms with Crippen LogP contribution in [0.1, 0.15) is 23.1 Å². The Balaban J connectivity index is 2.29. The van der Waals surface area contributed by atoms with Crippen molar-refractivity contribution in [1.82, 2.24) is 4.98 Å². The van der Waals surface area contributed by atoms with E-state index < -0.39 is 17.7 Å². The highest BCUT2D eigenvalue weighted by Crippen LogP contribution is 2.26. The molecule has 0 aliphatic rings. The summed E-state index contributed by atoms with van der Waals surface area (Å²) >= 11 is 3.00. The summed E-state index contributed by atoms with van der Waals surface area (Å²) in [5, 5.41) is 10.0. The monoisotopic (exact) mass is 327 g/mol. The van der Waals surface area contributed by atoms with Crippen LogP contribution in [0.15, 0.2) is 34.8 Å². The molecule has 0 radical (unpaired) electrons. The fourth-order valence-electron chi connectivity index (χ4n) is 1.80. The maximum atomic E-state index is 13.8. The predicted molar refractivity (Wildman–Crippen MR) is 71.7 cm³/mol. The van der Waals surface area contributed by atoms with E-state index in [1.54, 1.807) is 25.1 Å². The zero-order chi connectivity index (χ0) is 14.0. The number of benzene rings is 1. The van der Waals surface area contributed by atoms with Crippen molar-refractivity contribution in [3.05, 3.63) is 63.4 Å². The van der Waals surface area contributed by atoms with E-state index in [2.05, 4.69) is 20.9 Å². The molecule has 2 aromatic rings. The molecule has 1 atom stereocenters. The molecule has 0 bridgehead atoms. The number of hydrogen-bond donors (Lipinski definition) is 1. The van der Waals surface area contributed by atoms with Crippen molar-refractivity contribution in [2.45, 2.75) is 19.4 Å². The third kappa shape index (κ3) is 3.16. The molecule has 0 amide bonds. The van der Waals surface area contributed by atoms with Crippen LogP contribution in [0.5, 0.6) is 0 Å². The van der Waals surface area contributed by atoms with E-state index in [0.717, 1.165) is 5.69 Å². The maximum absolute atomic E-state index is 13.8. The molecular formula is C14H12BrF2NO. The van der Waals surface area contributed by atoms with Gasteiger partial charge in [0.15, 0.2) is 0 Å². The number of rotatable bonds is 3. The molecule has 1 aromatic heterocycles. The largest absolute Gasteiger partial charge is 0.386 e.